The van der Waals surface area contributed by atoms with Crippen molar-refractivity contribution < 1.29 is 19.4 Å². The summed E-state index contributed by atoms with van der Waals surface area (Å²) < 4.78 is 12.6. The van der Waals surface area contributed by atoms with Crippen molar-refractivity contribution in [2.24, 2.45) is 7.05 Å². The first kappa shape index (κ1) is 12.9. The predicted molar refractivity (Wildman–Crippen MR) is 64.0 cm³/mol. The van der Waals surface area contributed by atoms with Crippen molar-refractivity contribution in [2.75, 3.05) is 13.2 Å². The van der Waals surface area contributed by atoms with Crippen LogP contribution in [-0.2, 0) is 11.8 Å². The van der Waals surface area contributed by atoms with E-state index in [-0.39, 0.29) is 11.7 Å². The normalized spacial score (nSPS) is 19.8. The molecule has 0 saturated carbocycles. The van der Waals surface area contributed by atoms with Gasteiger partial charge in [-0.15, -0.1) is 0 Å². The molecule has 6 nitrogen and oxygen atoms in total. The van der Waals surface area contributed by atoms with E-state index in [2.05, 4.69) is 5.10 Å². The molecule has 1 atom stereocenters. The fraction of sp³-hybridized carbons (Fsp3) is 0.667. The molecule has 2 rings (SSSR count). The Labute approximate surface area is 106 Å². The average Bonchev–Trinajstić information content (AvgIpc) is 2.62. The van der Waals surface area contributed by atoms with Crippen LogP contribution in [0.5, 0.6) is 5.88 Å². The first-order chi connectivity index (χ1) is 8.59. The zero-order chi connectivity index (χ0) is 13.1. The highest BCUT2D eigenvalue weighted by atomic mass is 16.5. The number of carboxylic acids is 1. The second-order valence-electron chi connectivity index (χ2n) is 4.49. The van der Waals surface area contributed by atoms with Crippen LogP contribution in [0.15, 0.2) is 0 Å². The van der Waals surface area contributed by atoms with E-state index in [4.69, 9.17) is 14.6 Å². The molecule has 0 aromatic carbocycles. The molecule has 0 amide bonds. The zero-order valence-corrected chi connectivity index (χ0v) is 10.7. The fourth-order valence-corrected chi connectivity index (χ4v) is 2.16. The summed E-state index contributed by atoms with van der Waals surface area (Å²) >= 11 is 0. The second kappa shape index (κ2) is 5.39. The molecule has 0 aliphatic carbocycles. The Hall–Kier alpha value is -1.56. The highest BCUT2D eigenvalue weighted by molar-refractivity contribution is 5.91. The smallest absolute Gasteiger partial charge is 0.343 e. The van der Waals surface area contributed by atoms with Crippen LogP contribution in [0.25, 0.3) is 0 Å². The molecule has 1 fully saturated rings. The summed E-state index contributed by atoms with van der Waals surface area (Å²) in [5.74, 6) is -0.714. The topological polar surface area (TPSA) is 73.6 Å². The van der Waals surface area contributed by atoms with Gasteiger partial charge >= 0.3 is 5.97 Å². The maximum absolute atomic E-state index is 11.1. The van der Waals surface area contributed by atoms with Gasteiger partial charge in [0.2, 0.25) is 5.88 Å². The van der Waals surface area contributed by atoms with Gasteiger partial charge in [0.25, 0.3) is 0 Å². The Morgan fingerprint density at radius 2 is 2.39 bits per heavy atom. The minimum Gasteiger partial charge on any atom is -0.477 e. The molecule has 1 saturated heterocycles. The lowest BCUT2D eigenvalue weighted by atomic mass is 10.1. The number of carbonyl (C=O) groups is 1. The van der Waals surface area contributed by atoms with Crippen molar-refractivity contribution in [1.82, 2.24) is 9.78 Å². The van der Waals surface area contributed by atoms with Gasteiger partial charge in [-0.3, -0.25) is 0 Å². The van der Waals surface area contributed by atoms with Gasteiger partial charge < -0.3 is 14.6 Å². The van der Waals surface area contributed by atoms with Gasteiger partial charge in [0.15, 0.2) is 0 Å². The molecule has 100 valence electrons. The number of hydrogen-bond donors (Lipinski definition) is 1. The molecule has 1 aliphatic rings. The molecule has 1 aliphatic heterocycles. The lowest BCUT2D eigenvalue weighted by Crippen LogP contribution is -2.26. The molecule has 1 unspecified atom stereocenters. The molecule has 6 heteroatoms. The minimum atomic E-state index is -1.01. The Balaban J connectivity index is 2.06. The third kappa shape index (κ3) is 2.64. The second-order valence-corrected chi connectivity index (χ2v) is 4.49. The van der Waals surface area contributed by atoms with E-state index < -0.39 is 5.97 Å². The third-order valence-electron chi connectivity index (χ3n) is 3.06. The molecule has 2 heterocycles. The van der Waals surface area contributed by atoms with E-state index in [0.717, 1.165) is 25.9 Å². The number of aromatic nitrogens is 2. The predicted octanol–water partition coefficient (Wildman–Crippen LogP) is 1.37. The minimum absolute atomic E-state index is 0.0515. The van der Waals surface area contributed by atoms with E-state index in [1.165, 1.54) is 4.68 Å². The first-order valence-electron chi connectivity index (χ1n) is 6.11. The van der Waals surface area contributed by atoms with Crippen molar-refractivity contribution in [1.29, 1.82) is 0 Å². The highest BCUT2D eigenvalue weighted by Crippen LogP contribution is 2.22. The summed E-state index contributed by atoms with van der Waals surface area (Å²) in [7, 11) is 1.68. The van der Waals surface area contributed by atoms with Crippen LogP contribution in [0.1, 0.15) is 35.3 Å². The van der Waals surface area contributed by atoms with Crippen molar-refractivity contribution in [3.8, 4) is 5.88 Å². The van der Waals surface area contributed by atoms with Gasteiger partial charge in [-0.25, -0.2) is 9.48 Å². The van der Waals surface area contributed by atoms with E-state index in [0.29, 0.717) is 18.2 Å². The molecule has 0 spiro atoms. The van der Waals surface area contributed by atoms with E-state index in [1.54, 1.807) is 14.0 Å². The quantitative estimate of drug-likeness (QED) is 0.878. The van der Waals surface area contributed by atoms with Gasteiger partial charge in [0.05, 0.1) is 11.8 Å². The number of ether oxygens (including phenoxy) is 2. The van der Waals surface area contributed by atoms with Crippen molar-refractivity contribution in [3.05, 3.63) is 11.3 Å². The van der Waals surface area contributed by atoms with Gasteiger partial charge in [-0.1, -0.05) is 0 Å². The van der Waals surface area contributed by atoms with Crippen LogP contribution in [0, 0.1) is 6.92 Å². The summed E-state index contributed by atoms with van der Waals surface area (Å²) in [6.07, 6.45) is 3.22. The molecular weight excluding hydrogens is 236 g/mol. The Kier molecular flexibility index (Phi) is 3.86. The Bertz CT molecular complexity index is 436. The van der Waals surface area contributed by atoms with Gasteiger partial charge in [-0.05, 0) is 26.2 Å². The molecule has 0 bridgehead atoms. The highest BCUT2D eigenvalue weighted by Gasteiger charge is 2.23. The van der Waals surface area contributed by atoms with Gasteiger partial charge in [0, 0.05) is 13.7 Å². The largest absolute Gasteiger partial charge is 0.477 e. The van der Waals surface area contributed by atoms with Crippen LogP contribution in [-0.4, -0.2) is 40.2 Å². The lowest BCUT2D eigenvalue weighted by Gasteiger charge is -2.22. The summed E-state index contributed by atoms with van der Waals surface area (Å²) in [6.45, 7) is 2.79. The maximum Gasteiger partial charge on any atom is 0.343 e. The number of aromatic carboxylic acids is 1. The zero-order valence-electron chi connectivity index (χ0n) is 10.7. The maximum atomic E-state index is 11.1. The first-order valence-corrected chi connectivity index (χ1v) is 6.11. The molecule has 1 aromatic heterocycles. The van der Waals surface area contributed by atoms with Crippen LogP contribution >= 0.6 is 0 Å². The Morgan fingerprint density at radius 1 is 1.61 bits per heavy atom. The number of nitrogens with zero attached hydrogens (tertiary/aromatic N) is 2. The van der Waals surface area contributed by atoms with Crippen LogP contribution in [0.4, 0.5) is 0 Å². The van der Waals surface area contributed by atoms with Gasteiger partial charge in [0.1, 0.15) is 12.2 Å². The number of hydrogen-bond acceptors (Lipinski definition) is 4. The summed E-state index contributed by atoms with van der Waals surface area (Å²) in [5, 5.41) is 13.2. The summed E-state index contributed by atoms with van der Waals surface area (Å²) in [6, 6.07) is 0. The summed E-state index contributed by atoms with van der Waals surface area (Å²) in [4.78, 5) is 11.1. The van der Waals surface area contributed by atoms with E-state index in [9.17, 15) is 4.79 Å². The number of rotatable bonds is 4. The van der Waals surface area contributed by atoms with Crippen molar-refractivity contribution >= 4 is 5.97 Å². The van der Waals surface area contributed by atoms with Crippen LogP contribution in [0.3, 0.4) is 0 Å². The molecule has 1 aromatic rings. The van der Waals surface area contributed by atoms with Gasteiger partial charge in [-0.2, -0.15) is 5.10 Å². The molecule has 1 N–H and O–H groups in total. The van der Waals surface area contributed by atoms with Crippen LogP contribution in [0.2, 0.25) is 0 Å². The van der Waals surface area contributed by atoms with E-state index >= 15 is 0 Å². The van der Waals surface area contributed by atoms with Crippen LogP contribution < -0.4 is 4.74 Å². The monoisotopic (exact) mass is 254 g/mol. The fourth-order valence-electron chi connectivity index (χ4n) is 2.16. The Morgan fingerprint density at radius 3 is 3.00 bits per heavy atom. The van der Waals surface area contributed by atoms with E-state index in [1.807, 2.05) is 0 Å². The molecule has 18 heavy (non-hydrogen) atoms. The number of carboxylic acid groups (broad SMARTS) is 1. The standard InChI is InChI=1S/C12H18N2O4/c1-8-10(12(15)16)11(14(2)13-8)18-7-9-5-3-4-6-17-9/h9H,3-7H2,1-2H3,(H,15,16). The SMILES string of the molecule is Cc1nn(C)c(OCC2CCCCO2)c1C(=O)O. The van der Waals surface area contributed by atoms with Crippen molar-refractivity contribution in [3.63, 3.8) is 0 Å². The lowest BCUT2D eigenvalue weighted by molar-refractivity contribution is -0.0129. The number of aryl methyl sites for hydroxylation is 2. The summed E-state index contributed by atoms with van der Waals surface area (Å²) in [5.41, 5.74) is 0.595. The average molecular weight is 254 g/mol. The van der Waals surface area contributed by atoms with Crippen molar-refractivity contribution in [2.45, 2.75) is 32.3 Å². The molecule has 0 radical (unpaired) electrons. The molecular formula is C12H18N2O4. The third-order valence-corrected chi connectivity index (χ3v) is 3.06.